The van der Waals surface area contributed by atoms with Crippen LogP contribution >= 0.6 is 0 Å². The van der Waals surface area contributed by atoms with Gasteiger partial charge in [-0.05, 0) is 12.1 Å². The molecule has 1 fully saturated rings. The lowest BCUT2D eigenvalue weighted by atomic mass is 10.3. The molecular formula is C17H25NO5. The van der Waals surface area contributed by atoms with Crippen molar-refractivity contribution >= 4 is 5.69 Å². The molecule has 0 N–H and O–H groups in total. The molecule has 0 unspecified atom stereocenters. The van der Waals surface area contributed by atoms with Gasteiger partial charge in [-0.1, -0.05) is 18.2 Å². The van der Waals surface area contributed by atoms with Gasteiger partial charge >= 0.3 is 0 Å². The summed E-state index contributed by atoms with van der Waals surface area (Å²) in [6.07, 6.45) is 0. The fraction of sp³-hybridized carbons (Fsp3) is 0.588. The summed E-state index contributed by atoms with van der Waals surface area (Å²) < 4.78 is 21.9. The van der Waals surface area contributed by atoms with E-state index in [0.29, 0.717) is 71.6 Å². The van der Waals surface area contributed by atoms with Crippen LogP contribution in [0, 0.1) is 0 Å². The first-order valence-corrected chi connectivity index (χ1v) is 8.03. The van der Waals surface area contributed by atoms with Gasteiger partial charge in [0.15, 0.2) is 0 Å². The van der Waals surface area contributed by atoms with Crippen LogP contribution in [-0.2, 0) is 18.9 Å². The number of ether oxygens (including phenoxy) is 4. The first kappa shape index (κ1) is 17.9. The third-order valence-electron chi connectivity index (χ3n) is 3.44. The van der Waals surface area contributed by atoms with E-state index in [1.165, 1.54) is 0 Å². The fourth-order valence-corrected chi connectivity index (χ4v) is 2.25. The molecule has 1 aliphatic rings. The summed E-state index contributed by atoms with van der Waals surface area (Å²) in [6.45, 7) is 5.66. The van der Waals surface area contributed by atoms with Gasteiger partial charge in [0.1, 0.15) is 0 Å². The van der Waals surface area contributed by atoms with Crippen molar-refractivity contribution in [3.05, 3.63) is 40.6 Å². The van der Waals surface area contributed by atoms with E-state index in [1.807, 2.05) is 23.1 Å². The van der Waals surface area contributed by atoms with Crippen LogP contribution in [0.2, 0.25) is 0 Å². The number of rotatable bonds is 1. The highest BCUT2D eigenvalue weighted by atomic mass is 16.6. The van der Waals surface area contributed by atoms with Gasteiger partial charge in [-0.15, -0.1) is 0 Å². The number of hydrogen-bond donors (Lipinski definition) is 0. The predicted octanol–water partition coefficient (Wildman–Crippen LogP) is 0.933. The van der Waals surface area contributed by atoms with Crippen LogP contribution in [0.3, 0.4) is 0 Å². The molecule has 6 nitrogen and oxygen atoms in total. The molecule has 0 aromatic heterocycles. The van der Waals surface area contributed by atoms with Gasteiger partial charge in [-0.3, -0.25) is 4.79 Å². The monoisotopic (exact) mass is 323 g/mol. The van der Waals surface area contributed by atoms with E-state index in [2.05, 4.69) is 0 Å². The average molecular weight is 323 g/mol. The number of hydrogen-bond acceptors (Lipinski definition) is 6. The normalized spacial score (nSPS) is 19.6. The molecule has 0 bridgehead atoms. The van der Waals surface area contributed by atoms with E-state index >= 15 is 0 Å². The van der Waals surface area contributed by atoms with Crippen molar-refractivity contribution in [2.75, 3.05) is 70.8 Å². The summed E-state index contributed by atoms with van der Waals surface area (Å²) in [5.74, 6) is 0. The van der Waals surface area contributed by atoms with E-state index in [1.54, 1.807) is 12.1 Å². The SMILES string of the molecule is O=c1cccccc1N1CCOCCOCCOCCOCC1. The van der Waals surface area contributed by atoms with E-state index in [-0.39, 0.29) is 5.43 Å². The largest absolute Gasteiger partial charge is 0.377 e. The topological polar surface area (TPSA) is 57.2 Å². The maximum atomic E-state index is 12.2. The third-order valence-corrected chi connectivity index (χ3v) is 3.44. The van der Waals surface area contributed by atoms with Crippen molar-refractivity contribution in [1.82, 2.24) is 0 Å². The van der Waals surface area contributed by atoms with Crippen molar-refractivity contribution in [2.45, 2.75) is 0 Å². The highest BCUT2D eigenvalue weighted by Gasteiger charge is 2.09. The Hall–Kier alpha value is -1.47. The molecule has 0 saturated carbocycles. The van der Waals surface area contributed by atoms with Gasteiger partial charge in [0, 0.05) is 13.1 Å². The van der Waals surface area contributed by atoms with Crippen LogP contribution < -0.4 is 10.3 Å². The molecule has 1 heterocycles. The van der Waals surface area contributed by atoms with Gasteiger partial charge in [-0.25, -0.2) is 0 Å². The van der Waals surface area contributed by atoms with Crippen LogP contribution in [0.1, 0.15) is 0 Å². The first-order valence-electron chi connectivity index (χ1n) is 8.03. The Morgan fingerprint density at radius 2 is 1.13 bits per heavy atom. The van der Waals surface area contributed by atoms with Crippen molar-refractivity contribution < 1.29 is 18.9 Å². The molecule has 0 spiro atoms. The smallest absolute Gasteiger partial charge is 0.201 e. The summed E-state index contributed by atoms with van der Waals surface area (Å²) in [7, 11) is 0. The van der Waals surface area contributed by atoms with Crippen molar-refractivity contribution in [3.63, 3.8) is 0 Å². The summed E-state index contributed by atoms with van der Waals surface area (Å²) in [4.78, 5) is 14.2. The van der Waals surface area contributed by atoms with E-state index in [9.17, 15) is 4.79 Å². The minimum Gasteiger partial charge on any atom is -0.377 e. The quantitative estimate of drug-likeness (QED) is 0.766. The van der Waals surface area contributed by atoms with Crippen molar-refractivity contribution in [3.8, 4) is 0 Å². The zero-order chi connectivity index (χ0) is 16.2. The van der Waals surface area contributed by atoms with E-state index in [0.717, 1.165) is 0 Å². The van der Waals surface area contributed by atoms with Crippen LogP contribution in [0.5, 0.6) is 0 Å². The molecule has 2 rings (SSSR count). The van der Waals surface area contributed by atoms with Gasteiger partial charge < -0.3 is 23.8 Å². The van der Waals surface area contributed by atoms with Gasteiger partial charge in [0.2, 0.25) is 5.43 Å². The van der Waals surface area contributed by atoms with E-state index < -0.39 is 0 Å². The molecule has 0 radical (unpaired) electrons. The molecule has 0 atom stereocenters. The third kappa shape index (κ3) is 7.09. The molecule has 0 aliphatic carbocycles. The Labute approximate surface area is 136 Å². The second-order valence-electron chi connectivity index (χ2n) is 5.10. The average Bonchev–Trinajstić information content (AvgIpc) is 2.77. The van der Waals surface area contributed by atoms with Gasteiger partial charge in [-0.2, -0.15) is 0 Å². The van der Waals surface area contributed by atoms with Crippen LogP contribution in [-0.4, -0.2) is 65.9 Å². The summed E-state index contributed by atoms with van der Waals surface area (Å²) in [6, 6.07) is 8.88. The summed E-state index contributed by atoms with van der Waals surface area (Å²) in [5, 5.41) is 0. The molecular weight excluding hydrogens is 298 g/mol. The number of nitrogens with zero attached hydrogens (tertiary/aromatic N) is 1. The Bertz CT molecular complexity index is 480. The first-order chi connectivity index (χ1) is 11.4. The van der Waals surface area contributed by atoms with Crippen molar-refractivity contribution in [2.24, 2.45) is 0 Å². The van der Waals surface area contributed by atoms with Crippen LogP contribution in [0.15, 0.2) is 35.1 Å². The molecule has 1 aliphatic heterocycles. The highest BCUT2D eigenvalue weighted by molar-refractivity contribution is 5.45. The number of anilines is 1. The lowest BCUT2D eigenvalue weighted by Crippen LogP contribution is -2.34. The highest BCUT2D eigenvalue weighted by Crippen LogP contribution is 2.06. The molecule has 1 saturated heterocycles. The lowest BCUT2D eigenvalue weighted by Gasteiger charge is -2.23. The minimum absolute atomic E-state index is 0.000386. The Balaban J connectivity index is 1.97. The Morgan fingerprint density at radius 3 is 1.70 bits per heavy atom. The van der Waals surface area contributed by atoms with Crippen LogP contribution in [0.4, 0.5) is 5.69 Å². The molecule has 6 heteroatoms. The zero-order valence-corrected chi connectivity index (χ0v) is 13.4. The molecule has 1 aromatic carbocycles. The summed E-state index contributed by atoms with van der Waals surface area (Å²) in [5.41, 5.74) is 0.665. The van der Waals surface area contributed by atoms with Gasteiger partial charge in [0.05, 0.1) is 58.5 Å². The predicted molar refractivity (Wildman–Crippen MR) is 88.2 cm³/mol. The van der Waals surface area contributed by atoms with Crippen LogP contribution in [0.25, 0.3) is 0 Å². The maximum absolute atomic E-state index is 12.2. The standard InChI is InChI=1S/C17H25NO5/c19-17-5-3-1-2-4-16(17)18-6-8-20-10-12-22-14-15-23-13-11-21-9-7-18/h1-5H,6-15H2. The fourth-order valence-electron chi connectivity index (χ4n) is 2.25. The Kier molecular flexibility index (Phi) is 8.65. The molecule has 1 aromatic rings. The van der Waals surface area contributed by atoms with Gasteiger partial charge in [0.25, 0.3) is 0 Å². The molecule has 0 amide bonds. The minimum atomic E-state index is -0.000386. The lowest BCUT2D eigenvalue weighted by molar-refractivity contribution is 0.00206. The van der Waals surface area contributed by atoms with Crippen molar-refractivity contribution in [1.29, 1.82) is 0 Å². The molecule has 128 valence electrons. The maximum Gasteiger partial charge on any atom is 0.201 e. The molecule has 23 heavy (non-hydrogen) atoms. The Morgan fingerprint density at radius 1 is 0.652 bits per heavy atom. The zero-order valence-electron chi connectivity index (χ0n) is 13.4. The second kappa shape index (κ2) is 11.1. The second-order valence-corrected chi connectivity index (χ2v) is 5.10. The van der Waals surface area contributed by atoms with E-state index in [4.69, 9.17) is 18.9 Å². The summed E-state index contributed by atoms with van der Waals surface area (Å²) >= 11 is 0.